The molecule has 0 bridgehead atoms. The molecule has 1 aliphatic rings. The summed E-state index contributed by atoms with van der Waals surface area (Å²) in [5.74, 6) is -1.56. The highest BCUT2D eigenvalue weighted by Crippen LogP contribution is 2.37. The maximum atomic E-state index is 13.1. The van der Waals surface area contributed by atoms with E-state index in [0.717, 1.165) is 23.5 Å². The summed E-state index contributed by atoms with van der Waals surface area (Å²) < 4.78 is -0.701. The quantitative estimate of drug-likeness (QED) is 0.599. The molecule has 9 heteroatoms. The number of hydrogen-bond acceptors (Lipinski definition) is 7. The van der Waals surface area contributed by atoms with Gasteiger partial charge in [-0.1, -0.05) is 91.1 Å². The largest absolute Gasteiger partial charge is 0.480 e. The van der Waals surface area contributed by atoms with Crippen LogP contribution in [0.3, 0.4) is 0 Å². The predicted octanol–water partition coefficient (Wildman–Crippen LogP) is 4.08. The van der Waals surface area contributed by atoms with Gasteiger partial charge in [-0.2, -0.15) is 0 Å². The lowest BCUT2D eigenvalue weighted by atomic mass is 10.1. The van der Waals surface area contributed by atoms with E-state index in [4.69, 9.17) is 0 Å². The van der Waals surface area contributed by atoms with Gasteiger partial charge in [-0.25, -0.2) is 4.79 Å². The van der Waals surface area contributed by atoms with Crippen LogP contribution >= 0.6 is 35.3 Å². The Hall–Kier alpha value is -2.23. The Morgan fingerprint density at radius 3 is 1.87 bits per heavy atom. The van der Waals surface area contributed by atoms with Crippen LogP contribution in [-0.4, -0.2) is 54.4 Å². The zero-order valence-electron chi connectivity index (χ0n) is 16.7. The SMILES string of the molecule is CC(C(=O)N1CSCC1C(=O)O)C(SC(=O)c1ccccc1)SC(=O)c1ccccc1. The highest BCUT2D eigenvalue weighted by atomic mass is 32.2. The number of carbonyl (C=O) groups is 4. The van der Waals surface area contributed by atoms with Crippen LogP contribution in [0.15, 0.2) is 60.7 Å². The number of amides is 1. The maximum absolute atomic E-state index is 13.1. The molecule has 0 saturated carbocycles. The first-order chi connectivity index (χ1) is 14.9. The highest BCUT2D eigenvalue weighted by molar-refractivity contribution is 8.30. The molecule has 1 amide bonds. The van der Waals surface area contributed by atoms with E-state index in [2.05, 4.69) is 0 Å². The molecule has 31 heavy (non-hydrogen) atoms. The van der Waals surface area contributed by atoms with Gasteiger partial charge in [-0.3, -0.25) is 14.4 Å². The minimum Gasteiger partial charge on any atom is -0.480 e. The monoisotopic (exact) mass is 475 g/mol. The molecule has 2 atom stereocenters. The van der Waals surface area contributed by atoms with Crippen molar-refractivity contribution < 1.29 is 24.3 Å². The second-order valence-electron chi connectivity index (χ2n) is 6.86. The van der Waals surface area contributed by atoms with E-state index in [1.165, 1.54) is 16.7 Å². The van der Waals surface area contributed by atoms with Gasteiger partial charge in [0, 0.05) is 16.9 Å². The topological polar surface area (TPSA) is 91.8 Å². The highest BCUT2D eigenvalue weighted by Gasteiger charge is 2.40. The van der Waals surface area contributed by atoms with Gasteiger partial charge >= 0.3 is 5.97 Å². The summed E-state index contributed by atoms with van der Waals surface area (Å²) in [6, 6.07) is 16.4. The first kappa shape index (κ1) is 23.4. The maximum Gasteiger partial charge on any atom is 0.327 e. The van der Waals surface area contributed by atoms with Crippen LogP contribution < -0.4 is 0 Å². The Morgan fingerprint density at radius 2 is 1.42 bits per heavy atom. The van der Waals surface area contributed by atoms with Crippen LogP contribution in [0.4, 0.5) is 0 Å². The van der Waals surface area contributed by atoms with E-state index < -0.39 is 22.5 Å². The first-order valence-corrected chi connectivity index (χ1v) is 12.4. The van der Waals surface area contributed by atoms with E-state index in [1.54, 1.807) is 67.6 Å². The number of aliphatic carboxylic acids is 1. The molecule has 0 spiro atoms. The van der Waals surface area contributed by atoms with Crippen molar-refractivity contribution in [3.05, 3.63) is 71.8 Å². The molecule has 0 radical (unpaired) electrons. The third kappa shape index (κ3) is 5.93. The molecule has 1 heterocycles. The van der Waals surface area contributed by atoms with Crippen molar-refractivity contribution in [3.63, 3.8) is 0 Å². The summed E-state index contributed by atoms with van der Waals surface area (Å²) >= 11 is 3.23. The van der Waals surface area contributed by atoms with E-state index in [9.17, 15) is 24.3 Å². The Bertz CT molecular complexity index is 901. The van der Waals surface area contributed by atoms with Crippen molar-refractivity contribution in [2.45, 2.75) is 17.5 Å². The fraction of sp³-hybridized carbons (Fsp3) is 0.273. The molecule has 1 aliphatic heterocycles. The smallest absolute Gasteiger partial charge is 0.327 e. The molecule has 3 rings (SSSR count). The first-order valence-electron chi connectivity index (χ1n) is 9.51. The number of hydrogen-bond donors (Lipinski definition) is 1. The van der Waals surface area contributed by atoms with Crippen molar-refractivity contribution in [2.24, 2.45) is 5.92 Å². The average molecular weight is 476 g/mol. The molecule has 2 unspecified atom stereocenters. The summed E-state index contributed by atoms with van der Waals surface area (Å²) in [4.78, 5) is 51.6. The van der Waals surface area contributed by atoms with Gasteiger partial charge in [0.05, 0.1) is 16.4 Å². The van der Waals surface area contributed by atoms with Gasteiger partial charge < -0.3 is 10.0 Å². The molecule has 2 aromatic rings. The molecule has 0 aromatic heterocycles. The Balaban J connectivity index is 1.81. The van der Waals surface area contributed by atoms with Crippen molar-refractivity contribution in [1.82, 2.24) is 4.90 Å². The molecule has 162 valence electrons. The van der Waals surface area contributed by atoms with E-state index in [1.807, 2.05) is 0 Å². The number of rotatable bonds is 7. The molecule has 1 fully saturated rings. The van der Waals surface area contributed by atoms with E-state index in [0.29, 0.717) is 16.9 Å². The van der Waals surface area contributed by atoms with Crippen molar-refractivity contribution in [3.8, 4) is 0 Å². The third-order valence-corrected chi connectivity index (χ3v) is 8.48. The van der Waals surface area contributed by atoms with Gasteiger partial charge in [-0.15, -0.1) is 11.8 Å². The fourth-order valence-corrected chi connectivity index (χ4v) is 6.45. The number of carboxylic acids is 1. The Kier molecular flexibility index (Phi) is 8.22. The lowest BCUT2D eigenvalue weighted by Gasteiger charge is -2.28. The van der Waals surface area contributed by atoms with Crippen LogP contribution in [0.2, 0.25) is 0 Å². The average Bonchev–Trinajstić information content (AvgIpc) is 3.29. The van der Waals surface area contributed by atoms with Crippen LogP contribution in [0, 0.1) is 5.92 Å². The van der Waals surface area contributed by atoms with Crippen molar-refractivity contribution >= 4 is 57.4 Å². The Labute approximate surface area is 193 Å². The van der Waals surface area contributed by atoms with Crippen molar-refractivity contribution in [2.75, 3.05) is 11.6 Å². The molecule has 1 saturated heterocycles. The molecule has 6 nitrogen and oxygen atoms in total. The van der Waals surface area contributed by atoms with Gasteiger partial charge in [0.1, 0.15) is 6.04 Å². The molecule has 0 aliphatic carbocycles. The zero-order chi connectivity index (χ0) is 22.4. The fourth-order valence-electron chi connectivity index (χ4n) is 2.97. The lowest BCUT2D eigenvalue weighted by Crippen LogP contribution is -2.45. The van der Waals surface area contributed by atoms with Crippen molar-refractivity contribution in [1.29, 1.82) is 0 Å². The number of thioether (sulfide) groups is 3. The van der Waals surface area contributed by atoms with Crippen LogP contribution in [0.5, 0.6) is 0 Å². The summed E-state index contributed by atoms with van der Waals surface area (Å²) in [6.07, 6.45) is 0. The minimum absolute atomic E-state index is 0.246. The molecule has 2 aromatic carbocycles. The van der Waals surface area contributed by atoms with Crippen LogP contribution in [-0.2, 0) is 9.59 Å². The standard InChI is InChI=1S/C22H21NO5S3/c1-14(18(24)23-13-29-12-17(23)19(25)26)22(30-20(27)15-8-4-2-5-9-15)31-21(28)16-10-6-3-7-11-16/h2-11,14,17,22H,12-13H2,1H3,(H,25,26). The van der Waals surface area contributed by atoms with E-state index in [-0.39, 0.29) is 22.0 Å². The number of carbonyl (C=O) groups excluding carboxylic acids is 3. The van der Waals surface area contributed by atoms with Crippen LogP contribution in [0.25, 0.3) is 0 Å². The molecule has 1 N–H and O–H groups in total. The normalized spacial score (nSPS) is 16.8. The summed E-state index contributed by atoms with van der Waals surface area (Å²) in [6.45, 7) is 1.64. The predicted molar refractivity (Wildman–Crippen MR) is 125 cm³/mol. The number of nitrogens with zero attached hydrogens (tertiary/aromatic N) is 1. The minimum atomic E-state index is -1.05. The van der Waals surface area contributed by atoms with Gasteiger partial charge in [-0.05, 0) is 0 Å². The van der Waals surface area contributed by atoms with Gasteiger partial charge in [0.15, 0.2) is 0 Å². The molecular weight excluding hydrogens is 454 g/mol. The second-order valence-corrected chi connectivity index (χ2v) is 10.4. The third-order valence-electron chi connectivity index (χ3n) is 4.71. The summed E-state index contributed by atoms with van der Waals surface area (Å²) in [5.41, 5.74) is 0.954. The lowest BCUT2D eigenvalue weighted by molar-refractivity contribution is -0.149. The summed E-state index contributed by atoms with van der Waals surface area (Å²) in [7, 11) is 0. The van der Waals surface area contributed by atoms with Gasteiger partial charge in [0.2, 0.25) is 16.1 Å². The number of carboxylic acid groups (broad SMARTS) is 1. The second kappa shape index (κ2) is 10.9. The van der Waals surface area contributed by atoms with Crippen LogP contribution in [0.1, 0.15) is 27.6 Å². The molecular formula is C22H21NO5S3. The zero-order valence-corrected chi connectivity index (χ0v) is 19.1. The summed E-state index contributed by atoms with van der Waals surface area (Å²) in [5, 5.41) is 8.92. The van der Waals surface area contributed by atoms with E-state index >= 15 is 0 Å². The number of benzene rings is 2. The Morgan fingerprint density at radius 1 is 0.935 bits per heavy atom. The van der Waals surface area contributed by atoms with Gasteiger partial charge in [0.25, 0.3) is 0 Å².